The Morgan fingerprint density at radius 2 is 1.31 bits per heavy atom. The molecule has 0 unspecified atom stereocenters. The van der Waals surface area contributed by atoms with Gasteiger partial charge in [-0.1, -0.05) is 0 Å². The predicted octanol–water partition coefficient (Wildman–Crippen LogP) is 7.24. The summed E-state index contributed by atoms with van der Waals surface area (Å²) in [7, 11) is 0. The van der Waals surface area contributed by atoms with Crippen molar-refractivity contribution in [3.63, 3.8) is 0 Å². The smallest absolute Gasteiger partial charge is 0.191 e. The molecule has 0 aliphatic rings. The van der Waals surface area contributed by atoms with Crippen molar-refractivity contribution in [1.29, 1.82) is 0 Å². The first-order valence-corrected chi connectivity index (χ1v) is 12.7. The van der Waals surface area contributed by atoms with E-state index < -0.39 is 17.8 Å². The van der Waals surface area contributed by atoms with Gasteiger partial charge in [-0.25, -0.2) is 0 Å². The molecular formula is Cl5F2N2P3S. The largest absolute Gasteiger partial charge is 0.387 e. The van der Waals surface area contributed by atoms with E-state index in [1.54, 1.807) is 0 Å². The maximum Gasteiger partial charge on any atom is 0.387 e. The molecule has 80 valence electrons. The van der Waals surface area contributed by atoms with E-state index >= 15 is 0 Å². The number of hydrogen-bond donors (Lipinski definition) is 0. The predicted molar refractivity (Wildman–Crippen MR) is 64.5 cm³/mol. The minimum Gasteiger partial charge on any atom is -0.191 e. The Morgan fingerprint density at radius 1 is 0.923 bits per heavy atom. The normalized spacial score (nSPS) is 14.1. The topological polar surface area (TPSA) is 24.7 Å². The van der Waals surface area contributed by atoms with Crippen LogP contribution in [0.4, 0.5) is 8.39 Å². The molecule has 2 nitrogen and oxygen atoms in total. The van der Waals surface area contributed by atoms with Crippen molar-refractivity contribution in [2.45, 2.75) is 0 Å². The Morgan fingerprint density at radius 3 is 1.54 bits per heavy atom. The van der Waals surface area contributed by atoms with Crippen LogP contribution in [0.15, 0.2) is 9.03 Å². The minimum atomic E-state index is -4.88. The van der Waals surface area contributed by atoms with Crippen molar-refractivity contribution in [2.24, 2.45) is 9.03 Å². The lowest BCUT2D eigenvalue weighted by Crippen LogP contribution is -1.53. The molecule has 0 saturated heterocycles. The van der Waals surface area contributed by atoms with Crippen molar-refractivity contribution >= 4 is 85.8 Å². The molecule has 0 fully saturated rings. The van der Waals surface area contributed by atoms with Gasteiger partial charge in [0.05, 0.1) is 0 Å². The van der Waals surface area contributed by atoms with Crippen LogP contribution in [0.25, 0.3) is 0 Å². The van der Waals surface area contributed by atoms with Gasteiger partial charge in [0.25, 0.3) is 5.91 Å². The minimum absolute atomic E-state index is 2.67. The molecule has 0 aromatic heterocycles. The van der Waals surface area contributed by atoms with Crippen molar-refractivity contribution in [3.8, 4) is 0 Å². The third kappa shape index (κ3) is 10.7. The van der Waals surface area contributed by atoms with Crippen LogP contribution in [0.3, 0.4) is 0 Å². The third-order valence-corrected chi connectivity index (χ3v) is 8.70. The molecule has 0 rings (SSSR count). The van der Waals surface area contributed by atoms with E-state index in [0.29, 0.717) is 0 Å². The van der Waals surface area contributed by atoms with Gasteiger partial charge in [-0.3, -0.25) is 0 Å². The molecule has 0 amide bonds. The zero-order chi connectivity index (χ0) is 10.9. The number of halogens is 7. The molecule has 0 aromatic carbocycles. The van der Waals surface area contributed by atoms with E-state index in [0.717, 1.165) is 0 Å². The van der Waals surface area contributed by atoms with Gasteiger partial charge in [-0.2, -0.15) is 17.4 Å². The van der Waals surface area contributed by atoms with E-state index in [-0.39, 0.29) is 0 Å². The molecule has 0 N–H and O–H groups in total. The summed E-state index contributed by atoms with van der Waals surface area (Å²) in [5, 5.41) is -3.25. The Kier molecular flexibility index (Phi) is 6.13. The third-order valence-electron chi connectivity index (χ3n) is 0.421. The van der Waals surface area contributed by atoms with E-state index in [1.165, 1.54) is 0 Å². The van der Waals surface area contributed by atoms with Crippen LogP contribution in [0, 0.1) is 0 Å². The van der Waals surface area contributed by atoms with Crippen LogP contribution in [0.1, 0.15) is 0 Å². The fourth-order valence-electron chi connectivity index (χ4n) is 0.265. The van der Waals surface area contributed by atoms with E-state index in [4.69, 9.17) is 56.2 Å². The fraction of sp³-hybridized carbons (Fsp3) is 0. The van der Waals surface area contributed by atoms with Gasteiger partial charge in [0, 0.05) is 0 Å². The molecule has 0 saturated carbocycles. The second kappa shape index (κ2) is 5.17. The van der Waals surface area contributed by atoms with Crippen LogP contribution in [-0.2, 0) is 11.8 Å². The summed E-state index contributed by atoms with van der Waals surface area (Å²) in [6, 6.07) is 0. The molecule has 13 heavy (non-hydrogen) atoms. The summed E-state index contributed by atoms with van der Waals surface area (Å²) >= 11 is 30.1. The van der Waals surface area contributed by atoms with Gasteiger partial charge in [-0.15, -0.1) is 0 Å². The van der Waals surface area contributed by atoms with Crippen LogP contribution < -0.4 is 0 Å². The van der Waals surface area contributed by atoms with Crippen LogP contribution in [-0.4, -0.2) is 0 Å². The molecule has 0 bridgehead atoms. The van der Waals surface area contributed by atoms with Crippen molar-refractivity contribution in [2.75, 3.05) is 0 Å². The summed E-state index contributed by atoms with van der Waals surface area (Å²) < 4.78 is 30.3. The first-order chi connectivity index (χ1) is 5.41. The van der Waals surface area contributed by atoms with E-state index in [1.807, 2.05) is 0 Å². The number of hydrogen-bond acceptors (Lipinski definition) is 1. The average molecular weight is 368 g/mol. The standard InChI is InChI=1S/Cl5F2N2P3S/c1-10(2,3)8-11(4,5)9-12(6,7)13. The molecular weight excluding hydrogens is 368 g/mol. The number of nitrogens with zero attached hydrogens (tertiary/aromatic N) is 2. The SMILES string of the molecule is FP(F)(=S)N=P(Cl)(Cl)N=P(Cl)(Cl)Cl. The monoisotopic (exact) mass is 366 g/mol. The van der Waals surface area contributed by atoms with Crippen LogP contribution in [0.2, 0.25) is 0 Å². The second-order valence-electron chi connectivity index (χ2n) is 1.49. The van der Waals surface area contributed by atoms with Gasteiger partial charge in [0.1, 0.15) is 0 Å². The lowest BCUT2D eigenvalue weighted by atomic mass is 13.9. The molecule has 0 atom stereocenters. The Balaban J connectivity index is 5.25. The first-order valence-electron chi connectivity index (χ1n) is 2.17. The maximum absolute atomic E-state index is 12.2. The summed E-state index contributed by atoms with van der Waals surface area (Å²) in [6.45, 7) is -4.88. The molecule has 13 heteroatoms. The molecule has 0 radical (unpaired) electrons. The molecule has 0 aromatic rings. The zero-order valence-electron chi connectivity index (χ0n) is 5.29. The fourth-order valence-corrected chi connectivity index (χ4v) is 12.2. The lowest BCUT2D eigenvalue weighted by Gasteiger charge is -2.05. The summed E-state index contributed by atoms with van der Waals surface area (Å²) in [4.78, 5) is 0. The van der Waals surface area contributed by atoms with E-state index in [2.05, 4.69) is 20.8 Å². The van der Waals surface area contributed by atoms with Gasteiger partial charge < -0.3 is 0 Å². The Bertz CT molecular complexity index is 325. The van der Waals surface area contributed by atoms with E-state index in [9.17, 15) is 8.39 Å². The molecule has 0 spiro atoms. The molecule has 0 aliphatic carbocycles. The second-order valence-corrected chi connectivity index (χ2v) is 16.2. The number of rotatable bonds is 2. The first kappa shape index (κ1) is 15.4. The van der Waals surface area contributed by atoms with Crippen LogP contribution >= 0.6 is 74.0 Å². The highest BCUT2D eigenvalue weighted by Crippen LogP contribution is 2.79. The summed E-state index contributed by atoms with van der Waals surface area (Å²) in [5.74, 6) is -3.64. The lowest BCUT2D eigenvalue weighted by molar-refractivity contribution is 0.744. The Hall–Kier alpha value is 2.42. The van der Waals surface area contributed by atoms with Crippen molar-refractivity contribution in [1.82, 2.24) is 0 Å². The summed E-state index contributed by atoms with van der Waals surface area (Å²) in [5.41, 5.74) is 0. The average Bonchev–Trinajstić information content (AvgIpc) is 1.43. The quantitative estimate of drug-likeness (QED) is 0.472. The van der Waals surface area contributed by atoms with Gasteiger partial charge in [0.15, 0.2) is 0 Å². The highest BCUT2D eigenvalue weighted by molar-refractivity contribution is 8.30. The van der Waals surface area contributed by atoms with Crippen LogP contribution in [0.5, 0.6) is 0 Å². The van der Waals surface area contributed by atoms with Gasteiger partial charge in [-0.05, 0) is 68.0 Å². The Labute approximate surface area is 103 Å². The molecule has 0 aliphatic heterocycles. The van der Waals surface area contributed by atoms with Gasteiger partial charge >= 0.3 is 6.81 Å². The van der Waals surface area contributed by atoms with Crippen molar-refractivity contribution < 1.29 is 8.39 Å². The highest BCUT2D eigenvalue weighted by Gasteiger charge is 2.23. The summed E-state index contributed by atoms with van der Waals surface area (Å²) in [6.07, 6.45) is 0. The molecule has 0 heterocycles. The maximum atomic E-state index is 12.2. The zero-order valence-corrected chi connectivity index (χ0v) is 12.6. The van der Waals surface area contributed by atoms with Crippen molar-refractivity contribution in [3.05, 3.63) is 0 Å². The van der Waals surface area contributed by atoms with Gasteiger partial charge in [0.2, 0.25) is 5.11 Å². The highest BCUT2D eigenvalue weighted by atomic mass is 36.0.